The van der Waals surface area contributed by atoms with Gasteiger partial charge in [-0.15, -0.1) is 21.5 Å². The zero-order valence-corrected chi connectivity index (χ0v) is 19.2. The Morgan fingerprint density at radius 3 is 2.48 bits per heavy atom. The molecule has 1 amide bonds. The maximum atomic E-state index is 13.6. The average molecular weight is 463 g/mol. The molecule has 0 atom stereocenters. The van der Waals surface area contributed by atoms with Crippen molar-refractivity contribution in [3.05, 3.63) is 52.7 Å². The third-order valence-corrected chi connectivity index (χ3v) is 8.14. The van der Waals surface area contributed by atoms with E-state index in [-0.39, 0.29) is 12.2 Å². The number of rotatable bonds is 4. The average Bonchev–Trinajstić information content (AvgIpc) is 3.65. The Morgan fingerprint density at radius 1 is 0.939 bits per heavy atom. The van der Waals surface area contributed by atoms with E-state index in [1.807, 2.05) is 30.3 Å². The molecule has 170 valence electrons. The molecular formula is C25H26N4O3S. The maximum absolute atomic E-state index is 13.6. The van der Waals surface area contributed by atoms with Crippen LogP contribution < -0.4 is 14.4 Å². The molecule has 4 heterocycles. The number of carbonyl (C=O) groups is 1. The van der Waals surface area contributed by atoms with E-state index in [0.29, 0.717) is 5.91 Å². The summed E-state index contributed by atoms with van der Waals surface area (Å²) in [6.07, 6.45) is 4.21. The van der Waals surface area contributed by atoms with E-state index < -0.39 is 0 Å². The molecule has 0 N–H and O–H groups in total. The lowest BCUT2D eigenvalue weighted by Crippen LogP contribution is -2.54. The van der Waals surface area contributed by atoms with Crippen LogP contribution in [0, 0.1) is 0 Å². The van der Waals surface area contributed by atoms with Crippen molar-refractivity contribution in [3.63, 3.8) is 0 Å². The second kappa shape index (κ2) is 8.33. The smallest absolute Gasteiger partial charge is 0.234 e. The molecule has 1 aliphatic carbocycles. The number of hydrogen-bond acceptors (Lipinski definition) is 7. The number of aromatic nitrogens is 2. The molecular weight excluding hydrogens is 436 g/mol. The number of ether oxygens (including phenoxy) is 2. The van der Waals surface area contributed by atoms with Crippen LogP contribution in [0.4, 0.5) is 5.82 Å². The predicted octanol–water partition coefficient (Wildman–Crippen LogP) is 4.09. The first-order valence-electron chi connectivity index (χ1n) is 11.6. The summed E-state index contributed by atoms with van der Waals surface area (Å²) in [5.41, 5.74) is 1.44. The Kier molecular flexibility index (Phi) is 5.17. The topological polar surface area (TPSA) is 67.8 Å². The summed E-state index contributed by atoms with van der Waals surface area (Å²) in [7, 11) is 0. The largest absolute Gasteiger partial charge is 0.454 e. The first-order valence-corrected chi connectivity index (χ1v) is 12.4. The first kappa shape index (κ1) is 20.5. The van der Waals surface area contributed by atoms with E-state index in [1.54, 1.807) is 11.3 Å². The Bertz CT molecular complexity index is 1130. The van der Waals surface area contributed by atoms with Crippen molar-refractivity contribution in [3.8, 4) is 22.8 Å². The van der Waals surface area contributed by atoms with Gasteiger partial charge in [-0.1, -0.05) is 18.9 Å². The number of carbonyl (C=O) groups excluding carboxylic acids is 1. The molecule has 2 fully saturated rings. The summed E-state index contributed by atoms with van der Waals surface area (Å²) in [4.78, 5) is 19.1. The number of hydrogen-bond donors (Lipinski definition) is 0. The standard InChI is InChI=1S/C25H26N4O3S/c30-24(25(9-1-2-10-25)22-4-3-15-33-22)29-13-11-28(12-14-29)23-8-6-19(26-27-23)18-5-7-20-21(16-18)32-17-31-20/h3-8,15-16H,1-2,9-14,17H2. The minimum atomic E-state index is -0.303. The minimum Gasteiger partial charge on any atom is -0.454 e. The zero-order chi connectivity index (χ0) is 22.3. The lowest BCUT2D eigenvalue weighted by atomic mass is 9.82. The lowest BCUT2D eigenvalue weighted by Gasteiger charge is -2.39. The van der Waals surface area contributed by atoms with Gasteiger partial charge in [0.15, 0.2) is 17.3 Å². The first-order chi connectivity index (χ1) is 16.2. The summed E-state index contributed by atoms with van der Waals surface area (Å²) in [5, 5.41) is 11.0. The molecule has 8 heteroatoms. The molecule has 6 rings (SSSR count). The number of amides is 1. The van der Waals surface area contributed by atoms with E-state index in [9.17, 15) is 4.79 Å². The van der Waals surface area contributed by atoms with Crippen molar-refractivity contribution in [1.29, 1.82) is 0 Å². The molecule has 1 aromatic carbocycles. The molecule has 3 aliphatic rings. The van der Waals surface area contributed by atoms with Gasteiger partial charge in [0, 0.05) is 36.6 Å². The summed E-state index contributed by atoms with van der Waals surface area (Å²) < 4.78 is 10.8. The summed E-state index contributed by atoms with van der Waals surface area (Å²) >= 11 is 1.72. The number of nitrogens with zero attached hydrogens (tertiary/aromatic N) is 4. The van der Waals surface area contributed by atoms with Crippen molar-refractivity contribution >= 4 is 23.1 Å². The Morgan fingerprint density at radius 2 is 1.76 bits per heavy atom. The van der Waals surface area contributed by atoms with Gasteiger partial charge >= 0.3 is 0 Å². The fraction of sp³-hybridized carbons (Fsp3) is 0.400. The van der Waals surface area contributed by atoms with Gasteiger partial charge in [0.25, 0.3) is 0 Å². The summed E-state index contributed by atoms with van der Waals surface area (Å²) in [5.74, 6) is 2.66. The predicted molar refractivity (Wildman–Crippen MR) is 127 cm³/mol. The molecule has 33 heavy (non-hydrogen) atoms. The molecule has 0 unspecified atom stereocenters. The fourth-order valence-corrected chi connectivity index (χ4v) is 6.22. The van der Waals surface area contributed by atoms with Crippen molar-refractivity contribution in [2.45, 2.75) is 31.1 Å². The summed E-state index contributed by atoms with van der Waals surface area (Å²) in [6, 6.07) is 14.0. The normalized spacial score (nSPS) is 19.2. The van der Waals surface area contributed by atoms with Gasteiger partial charge in [-0.25, -0.2) is 0 Å². The van der Waals surface area contributed by atoms with Crippen LogP contribution in [0.1, 0.15) is 30.6 Å². The number of piperazine rings is 1. The highest BCUT2D eigenvalue weighted by atomic mass is 32.1. The number of anilines is 1. The van der Waals surface area contributed by atoms with Crippen LogP contribution in [0.15, 0.2) is 47.8 Å². The third kappa shape index (κ3) is 3.62. The Labute approximate surface area is 196 Å². The zero-order valence-electron chi connectivity index (χ0n) is 18.4. The van der Waals surface area contributed by atoms with Crippen LogP contribution in [0.25, 0.3) is 11.3 Å². The van der Waals surface area contributed by atoms with Crippen LogP contribution in [0.2, 0.25) is 0 Å². The second-order valence-corrected chi connectivity index (χ2v) is 9.84. The van der Waals surface area contributed by atoms with E-state index in [0.717, 1.165) is 80.4 Å². The van der Waals surface area contributed by atoms with Crippen LogP contribution in [-0.4, -0.2) is 54.0 Å². The van der Waals surface area contributed by atoms with Gasteiger partial charge in [0.2, 0.25) is 12.7 Å². The van der Waals surface area contributed by atoms with Crippen molar-refractivity contribution in [2.24, 2.45) is 0 Å². The molecule has 0 radical (unpaired) electrons. The van der Waals surface area contributed by atoms with Gasteiger partial charge in [0.1, 0.15) is 0 Å². The van der Waals surface area contributed by atoms with Crippen molar-refractivity contribution in [1.82, 2.24) is 15.1 Å². The number of benzene rings is 1. The number of thiophene rings is 1. The van der Waals surface area contributed by atoms with Crippen LogP contribution in [0.3, 0.4) is 0 Å². The SMILES string of the molecule is O=C(N1CCN(c2ccc(-c3ccc4c(c3)OCO4)nn2)CC1)C1(c2cccs2)CCCC1. The second-order valence-electron chi connectivity index (χ2n) is 8.89. The van der Waals surface area contributed by atoms with Crippen molar-refractivity contribution in [2.75, 3.05) is 37.9 Å². The molecule has 7 nitrogen and oxygen atoms in total. The van der Waals surface area contributed by atoms with E-state index in [1.165, 1.54) is 4.88 Å². The highest BCUT2D eigenvalue weighted by Gasteiger charge is 2.46. The molecule has 0 spiro atoms. The number of fused-ring (bicyclic) bond motifs is 1. The van der Waals surface area contributed by atoms with Crippen LogP contribution in [-0.2, 0) is 10.2 Å². The van der Waals surface area contributed by atoms with E-state index in [4.69, 9.17) is 9.47 Å². The third-order valence-electron chi connectivity index (χ3n) is 7.07. The Hall–Kier alpha value is -3.13. The molecule has 0 bridgehead atoms. The van der Waals surface area contributed by atoms with Gasteiger partial charge in [-0.05, 0) is 54.6 Å². The fourth-order valence-electron chi connectivity index (χ4n) is 5.24. The molecule has 1 saturated heterocycles. The highest BCUT2D eigenvalue weighted by molar-refractivity contribution is 7.10. The minimum absolute atomic E-state index is 0.256. The van der Waals surface area contributed by atoms with Gasteiger partial charge in [-0.3, -0.25) is 4.79 Å². The Balaban J connectivity index is 1.12. The van der Waals surface area contributed by atoms with Crippen molar-refractivity contribution < 1.29 is 14.3 Å². The van der Waals surface area contributed by atoms with Crippen LogP contribution >= 0.6 is 11.3 Å². The maximum Gasteiger partial charge on any atom is 0.234 e. The van der Waals surface area contributed by atoms with Gasteiger partial charge < -0.3 is 19.3 Å². The molecule has 2 aliphatic heterocycles. The molecule has 3 aromatic rings. The summed E-state index contributed by atoms with van der Waals surface area (Å²) in [6.45, 7) is 3.23. The van der Waals surface area contributed by atoms with Crippen LogP contribution in [0.5, 0.6) is 11.5 Å². The van der Waals surface area contributed by atoms with E-state index >= 15 is 0 Å². The molecule has 1 saturated carbocycles. The van der Waals surface area contributed by atoms with Gasteiger partial charge in [-0.2, -0.15) is 0 Å². The quantitative estimate of drug-likeness (QED) is 0.582. The monoisotopic (exact) mass is 462 g/mol. The van der Waals surface area contributed by atoms with E-state index in [2.05, 4.69) is 37.5 Å². The molecule has 2 aromatic heterocycles. The van der Waals surface area contributed by atoms with Gasteiger partial charge in [0.05, 0.1) is 11.1 Å². The highest BCUT2D eigenvalue weighted by Crippen LogP contribution is 2.44. The lowest BCUT2D eigenvalue weighted by molar-refractivity contribution is -0.137.